The van der Waals surface area contributed by atoms with E-state index in [2.05, 4.69) is 6.92 Å². The maximum absolute atomic E-state index is 10.3. The summed E-state index contributed by atoms with van der Waals surface area (Å²) in [5.41, 5.74) is 0. The van der Waals surface area contributed by atoms with Gasteiger partial charge in [-0.05, 0) is 19.3 Å². The topological polar surface area (TPSA) is 57.5 Å². The van der Waals surface area contributed by atoms with Gasteiger partial charge in [0.2, 0.25) is 0 Å². The van der Waals surface area contributed by atoms with Gasteiger partial charge in [0.25, 0.3) is 0 Å². The van der Waals surface area contributed by atoms with Crippen molar-refractivity contribution in [2.45, 2.75) is 109 Å². The van der Waals surface area contributed by atoms with Crippen molar-refractivity contribution in [2.75, 3.05) is 0 Å². The van der Waals surface area contributed by atoms with Crippen LogP contribution in [-0.4, -0.2) is 60.0 Å². The first-order valence-corrected chi connectivity index (χ1v) is 9.06. The van der Waals surface area contributed by atoms with Crippen LogP contribution >= 0.6 is 0 Å². The van der Waals surface area contributed by atoms with Crippen LogP contribution in [0.2, 0.25) is 0 Å². The van der Waals surface area contributed by atoms with Crippen LogP contribution in [0.1, 0.15) is 103 Å². The SMILES string of the molecule is CCCCCCCCCC(O)CCCCCCCC(=O)O.[CaH2]. The van der Waals surface area contributed by atoms with Crippen molar-refractivity contribution in [1.29, 1.82) is 0 Å². The number of rotatable bonds is 16. The molecule has 1 unspecified atom stereocenters. The Morgan fingerprint density at radius 1 is 0.773 bits per heavy atom. The van der Waals surface area contributed by atoms with Crippen LogP contribution in [0.25, 0.3) is 0 Å². The molecule has 0 aliphatic rings. The van der Waals surface area contributed by atoms with Crippen molar-refractivity contribution in [2.24, 2.45) is 0 Å². The van der Waals surface area contributed by atoms with Gasteiger partial charge in [0.05, 0.1) is 6.10 Å². The molecule has 0 amide bonds. The first kappa shape index (κ1) is 24.9. The molecule has 3 nitrogen and oxygen atoms in total. The molecule has 0 heterocycles. The summed E-state index contributed by atoms with van der Waals surface area (Å²) in [6.45, 7) is 2.24. The number of unbranched alkanes of at least 4 members (excludes halogenated alkanes) is 10. The van der Waals surface area contributed by atoms with E-state index in [0.29, 0.717) is 6.42 Å². The van der Waals surface area contributed by atoms with E-state index >= 15 is 0 Å². The van der Waals surface area contributed by atoms with E-state index in [1.807, 2.05) is 0 Å². The summed E-state index contributed by atoms with van der Waals surface area (Å²) in [5.74, 6) is -0.694. The molecule has 130 valence electrons. The Bertz CT molecular complexity index is 234. The van der Waals surface area contributed by atoms with E-state index in [4.69, 9.17) is 5.11 Å². The maximum atomic E-state index is 10.3. The van der Waals surface area contributed by atoms with Gasteiger partial charge in [0.1, 0.15) is 0 Å². The average Bonchev–Trinajstić information content (AvgIpc) is 2.45. The van der Waals surface area contributed by atoms with Crippen LogP contribution in [0, 0.1) is 0 Å². The molecule has 0 spiro atoms. The third kappa shape index (κ3) is 20.7. The predicted octanol–water partition coefficient (Wildman–Crippen LogP) is 4.39. The van der Waals surface area contributed by atoms with E-state index in [1.54, 1.807) is 0 Å². The zero-order valence-electron chi connectivity index (χ0n) is 14.0. The molecule has 2 N–H and O–H groups in total. The Morgan fingerprint density at radius 2 is 1.18 bits per heavy atom. The summed E-state index contributed by atoms with van der Waals surface area (Å²) >= 11 is 0. The molecule has 0 aromatic rings. The van der Waals surface area contributed by atoms with Crippen LogP contribution < -0.4 is 0 Å². The van der Waals surface area contributed by atoms with Crippen molar-refractivity contribution in [1.82, 2.24) is 0 Å². The summed E-state index contributed by atoms with van der Waals surface area (Å²) in [7, 11) is 0. The number of hydrogen-bond acceptors (Lipinski definition) is 2. The Morgan fingerprint density at radius 3 is 1.64 bits per heavy atom. The first-order chi connectivity index (χ1) is 10.2. The van der Waals surface area contributed by atoms with E-state index in [0.717, 1.165) is 51.4 Å². The minimum atomic E-state index is -0.694. The Balaban J connectivity index is 0. The van der Waals surface area contributed by atoms with E-state index in [-0.39, 0.29) is 43.8 Å². The number of carboxylic acid groups (broad SMARTS) is 1. The number of carboxylic acids is 1. The number of aliphatic hydroxyl groups excluding tert-OH is 1. The second-order valence-corrected chi connectivity index (χ2v) is 6.26. The second-order valence-electron chi connectivity index (χ2n) is 6.26. The van der Waals surface area contributed by atoms with Crippen LogP contribution in [0.5, 0.6) is 0 Å². The molecular formula is C18H38CaO3. The standard InChI is InChI=1S/C18H36O3.Ca.2H/c1-2-3-4-5-6-8-11-14-17(19)15-12-9-7-10-13-16-18(20)21;;;/h17,19H,2-16H2,1H3,(H,20,21);;;. The normalized spacial score (nSPS) is 11.9. The molecule has 22 heavy (non-hydrogen) atoms. The van der Waals surface area contributed by atoms with E-state index in [9.17, 15) is 9.90 Å². The summed E-state index contributed by atoms with van der Waals surface area (Å²) < 4.78 is 0. The molecule has 4 heteroatoms. The van der Waals surface area contributed by atoms with Crippen LogP contribution in [0.15, 0.2) is 0 Å². The van der Waals surface area contributed by atoms with Gasteiger partial charge in [-0.15, -0.1) is 0 Å². The van der Waals surface area contributed by atoms with Crippen LogP contribution in [0.3, 0.4) is 0 Å². The molecule has 1 atom stereocenters. The van der Waals surface area contributed by atoms with E-state index < -0.39 is 5.97 Å². The first-order valence-electron chi connectivity index (χ1n) is 9.06. The van der Waals surface area contributed by atoms with Crippen molar-refractivity contribution >= 4 is 43.7 Å². The van der Waals surface area contributed by atoms with Gasteiger partial charge in [-0.25, -0.2) is 0 Å². The fourth-order valence-electron chi connectivity index (χ4n) is 2.67. The molecule has 0 fully saturated rings. The Labute approximate surface area is 167 Å². The Kier molecular flexibility index (Phi) is 22.4. The van der Waals surface area contributed by atoms with Crippen molar-refractivity contribution in [3.63, 3.8) is 0 Å². The third-order valence-electron chi connectivity index (χ3n) is 4.07. The predicted molar refractivity (Wildman–Crippen MR) is 97.1 cm³/mol. The molecule has 0 aliphatic carbocycles. The fraction of sp³-hybridized carbons (Fsp3) is 0.944. The van der Waals surface area contributed by atoms with Crippen molar-refractivity contribution in [3.8, 4) is 0 Å². The molecule has 0 bridgehead atoms. The molecule has 0 saturated heterocycles. The molecule has 0 aliphatic heterocycles. The second kappa shape index (κ2) is 19.7. The molecule has 0 aromatic heterocycles. The van der Waals surface area contributed by atoms with Gasteiger partial charge in [0, 0.05) is 6.42 Å². The van der Waals surface area contributed by atoms with Crippen LogP contribution in [-0.2, 0) is 4.79 Å². The molecular weight excluding hydrogens is 304 g/mol. The summed E-state index contributed by atoms with van der Waals surface area (Å²) in [6, 6.07) is 0. The van der Waals surface area contributed by atoms with Crippen molar-refractivity contribution < 1.29 is 15.0 Å². The number of hydrogen-bond donors (Lipinski definition) is 2. The quantitative estimate of drug-likeness (QED) is 0.323. The monoisotopic (exact) mass is 342 g/mol. The number of aliphatic hydroxyl groups is 1. The van der Waals surface area contributed by atoms with Gasteiger partial charge >= 0.3 is 43.7 Å². The molecule has 0 aromatic carbocycles. The number of carbonyl (C=O) groups is 1. The number of aliphatic carboxylic acids is 1. The molecule has 0 radical (unpaired) electrons. The average molecular weight is 343 g/mol. The van der Waals surface area contributed by atoms with Gasteiger partial charge in [-0.2, -0.15) is 0 Å². The molecule has 0 saturated carbocycles. The van der Waals surface area contributed by atoms with Crippen LogP contribution in [0.4, 0.5) is 0 Å². The van der Waals surface area contributed by atoms with Gasteiger partial charge in [0.15, 0.2) is 0 Å². The van der Waals surface area contributed by atoms with Gasteiger partial charge in [-0.1, -0.05) is 77.6 Å². The fourth-order valence-corrected chi connectivity index (χ4v) is 2.67. The summed E-state index contributed by atoms with van der Waals surface area (Å²) in [4.78, 5) is 10.3. The van der Waals surface area contributed by atoms with Gasteiger partial charge in [-0.3, -0.25) is 4.79 Å². The van der Waals surface area contributed by atoms with Gasteiger partial charge < -0.3 is 10.2 Å². The molecule has 0 rings (SSSR count). The zero-order valence-corrected chi connectivity index (χ0v) is 14.0. The van der Waals surface area contributed by atoms with Crippen molar-refractivity contribution in [3.05, 3.63) is 0 Å². The Hall–Kier alpha value is 0.690. The summed E-state index contributed by atoms with van der Waals surface area (Å²) in [6.07, 6.45) is 16.2. The summed E-state index contributed by atoms with van der Waals surface area (Å²) in [5, 5.41) is 18.4. The minimum absolute atomic E-state index is 0. The zero-order chi connectivity index (χ0) is 15.8. The van der Waals surface area contributed by atoms with E-state index in [1.165, 1.54) is 38.5 Å². The third-order valence-corrected chi connectivity index (χ3v) is 4.07.